The molecular weight excluding hydrogens is 366 g/mol. The highest BCUT2D eigenvalue weighted by molar-refractivity contribution is 5.63. The van der Waals surface area contributed by atoms with E-state index in [4.69, 9.17) is 4.52 Å². The third-order valence-corrected chi connectivity index (χ3v) is 4.27. The number of hydrogen-bond donors (Lipinski definition) is 2. The van der Waals surface area contributed by atoms with Crippen LogP contribution in [0.2, 0.25) is 0 Å². The summed E-state index contributed by atoms with van der Waals surface area (Å²) in [5, 5.41) is 14.0. The second-order valence-corrected chi connectivity index (χ2v) is 6.19. The van der Waals surface area contributed by atoms with Gasteiger partial charge in [0.25, 0.3) is 0 Å². The SMILES string of the molecule is C[C@H](NCc1cn[nH]c1-c1ccc(F)cc1F)c1nc(-c2ccncc2)no1. The molecule has 0 aliphatic rings. The number of halogens is 2. The molecule has 0 saturated carbocycles. The van der Waals surface area contributed by atoms with E-state index < -0.39 is 11.6 Å². The van der Waals surface area contributed by atoms with Crippen LogP contribution in [0.5, 0.6) is 0 Å². The molecule has 1 aromatic carbocycles. The van der Waals surface area contributed by atoms with Crippen molar-refractivity contribution < 1.29 is 13.3 Å². The fraction of sp³-hybridized carbons (Fsp3) is 0.158. The Morgan fingerprint density at radius 1 is 1.18 bits per heavy atom. The molecular formula is C19H16F2N6O. The Hall–Kier alpha value is -3.46. The second kappa shape index (κ2) is 7.65. The van der Waals surface area contributed by atoms with Crippen LogP contribution in [0.15, 0.2) is 53.4 Å². The molecule has 3 aromatic heterocycles. The van der Waals surface area contributed by atoms with Crippen LogP contribution in [0.4, 0.5) is 8.78 Å². The molecule has 0 spiro atoms. The Morgan fingerprint density at radius 3 is 2.79 bits per heavy atom. The zero-order chi connectivity index (χ0) is 19.5. The van der Waals surface area contributed by atoms with Gasteiger partial charge in [-0.15, -0.1) is 0 Å². The average molecular weight is 382 g/mol. The number of aromatic amines is 1. The van der Waals surface area contributed by atoms with E-state index in [9.17, 15) is 8.78 Å². The van der Waals surface area contributed by atoms with Crippen LogP contribution < -0.4 is 5.32 Å². The Balaban J connectivity index is 1.47. The molecule has 2 N–H and O–H groups in total. The monoisotopic (exact) mass is 382 g/mol. The first-order valence-corrected chi connectivity index (χ1v) is 8.57. The van der Waals surface area contributed by atoms with Crippen molar-refractivity contribution in [3.05, 3.63) is 72.0 Å². The number of rotatable bonds is 6. The predicted molar refractivity (Wildman–Crippen MR) is 96.7 cm³/mol. The maximum absolute atomic E-state index is 14.1. The smallest absolute Gasteiger partial charge is 0.243 e. The number of pyridine rings is 1. The fourth-order valence-corrected chi connectivity index (χ4v) is 2.75. The molecule has 1 atom stereocenters. The lowest BCUT2D eigenvalue weighted by Crippen LogP contribution is -2.18. The van der Waals surface area contributed by atoms with Crippen LogP contribution in [0.3, 0.4) is 0 Å². The molecule has 7 nitrogen and oxygen atoms in total. The molecule has 4 rings (SSSR count). The van der Waals surface area contributed by atoms with Crippen molar-refractivity contribution in [3.8, 4) is 22.6 Å². The van der Waals surface area contributed by atoms with Gasteiger partial charge < -0.3 is 9.84 Å². The van der Waals surface area contributed by atoms with Crippen LogP contribution in [0, 0.1) is 11.6 Å². The molecule has 142 valence electrons. The van der Waals surface area contributed by atoms with Gasteiger partial charge in [0.2, 0.25) is 11.7 Å². The first-order valence-electron chi connectivity index (χ1n) is 8.57. The Kier molecular flexibility index (Phi) is 4.90. The van der Waals surface area contributed by atoms with E-state index in [1.807, 2.05) is 6.92 Å². The third-order valence-electron chi connectivity index (χ3n) is 4.27. The van der Waals surface area contributed by atoms with Gasteiger partial charge in [0, 0.05) is 41.7 Å². The lowest BCUT2D eigenvalue weighted by atomic mass is 10.1. The van der Waals surface area contributed by atoms with Gasteiger partial charge in [-0.2, -0.15) is 10.1 Å². The minimum atomic E-state index is -0.655. The number of hydrogen-bond acceptors (Lipinski definition) is 6. The van der Waals surface area contributed by atoms with Crippen LogP contribution in [0.1, 0.15) is 24.4 Å². The molecule has 0 radical (unpaired) electrons. The second-order valence-electron chi connectivity index (χ2n) is 6.19. The van der Waals surface area contributed by atoms with E-state index in [-0.39, 0.29) is 11.6 Å². The topological polar surface area (TPSA) is 92.5 Å². The van der Waals surface area contributed by atoms with E-state index in [1.165, 1.54) is 12.1 Å². The van der Waals surface area contributed by atoms with Crippen LogP contribution in [-0.4, -0.2) is 25.3 Å². The lowest BCUT2D eigenvalue weighted by Gasteiger charge is -2.10. The molecule has 3 heterocycles. The summed E-state index contributed by atoms with van der Waals surface area (Å²) in [7, 11) is 0. The number of H-pyrrole nitrogens is 1. The molecule has 28 heavy (non-hydrogen) atoms. The lowest BCUT2D eigenvalue weighted by molar-refractivity contribution is 0.339. The molecule has 0 amide bonds. The van der Waals surface area contributed by atoms with Gasteiger partial charge in [0.1, 0.15) is 11.6 Å². The highest BCUT2D eigenvalue weighted by atomic mass is 19.1. The summed E-state index contributed by atoms with van der Waals surface area (Å²) in [6.07, 6.45) is 4.90. The summed E-state index contributed by atoms with van der Waals surface area (Å²) in [4.78, 5) is 8.35. The van der Waals surface area contributed by atoms with Gasteiger partial charge in [-0.05, 0) is 31.2 Å². The maximum Gasteiger partial charge on any atom is 0.243 e. The van der Waals surface area contributed by atoms with Crippen molar-refractivity contribution >= 4 is 0 Å². The van der Waals surface area contributed by atoms with Gasteiger partial charge in [0.15, 0.2) is 0 Å². The van der Waals surface area contributed by atoms with Gasteiger partial charge in [0.05, 0.1) is 17.9 Å². The number of aromatic nitrogens is 5. The van der Waals surface area contributed by atoms with Gasteiger partial charge in [-0.25, -0.2) is 8.78 Å². The van der Waals surface area contributed by atoms with Crippen LogP contribution >= 0.6 is 0 Å². The molecule has 0 saturated heterocycles. The molecule has 0 aliphatic carbocycles. The Labute approximate surface area is 158 Å². The fourth-order valence-electron chi connectivity index (χ4n) is 2.75. The van der Waals surface area contributed by atoms with Gasteiger partial charge in [-0.1, -0.05) is 5.16 Å². The Bertz CT molecular complexity index is 1080. The first kappa shape index (κ1) is 17.9. The highest BCUT2D eigenvalue weighted by Gasteiger charge is 2.17. The zero-order valence-electron chi connectivity index (χ0n) is 14.9. The summed E-state index contributed by atoms with van der Waals surface area (Å²) < 4.78 is 32.6. The quantitative estimate of drug-likeness (QED) is 0.529. The van der Waals surface area contributed by atoms with Gasteiger partial charge in [-0.3, -0.25) is 10.1 Å². The largest absolute Gasteiger partial charge is 0.337 e. The van der Waals surface area contributed by atoms with E-state index >= 15 is 0 Å². The summed E-state index contributed by atoms with van der Waals surface area (Å²) in [5.74, 6) is -0.388. The summed E-state index contributed by atoms with van der Waals surface area (Å²) in [6, 6.07) is 6.77. The minimum absolute atomic E-state index is 0.246. The van der Waals surface area contributed by atoms with E-state index in [0.29, 0.717) is 24.0 Å². The minimum Gasteiger partial charge on any atom is -0.337 e. The van der Waals surface area contributed by atoms with E-state index in [1.54, 1.807) is 30.7 Å². The standard InChI is InChI=1S/C19H16F2N6O/c1-11(19-25-18(27-28-19)12-4-6-22-7-5-12)23-9-13-10-24-26-17(13)15-3-2-14(20)8-16(15)21/h2-8,10-11,23H,9H2,1H3,(H,24,26)/t11-/m0/s1. The Morgan fingerprint density at radius 2 is 2.00 bits per heavy atom. The zero-order valence-corrected chi connectivity index (χ0v) is 14.9. The van der Waals surface area contributed by atoms with Crippen molar-refractivity contribution in [3.63, 3.8) is 0 Å². The number of nitrogens with zero attached hydrogens (tertiary/aromatic N) is 4. The summed E-state index contributed by atoms with van der Waals surface area (Å²) >= 11 is 0. The van der Waals surface area contributed by atoms with Crippen molar-refractivity contribution in [1.29, 1.82) is 0 Å². The first-order chi connectivity index (χ1) is 13.6. The van der Waals surface area contributed by atoms with Crippen molar-refractivity contribution in [2.75, 3.05) is 0 Å². The molecule has 0 unspecified atom stereocenters. The number of benzene rings is 1. The normalized spacial score (nSPS) is 12.2. The molecule has 9 heteroatoms. The van der Waals surface area contributed by atoms with Crippen molar-refractivity contribution in [1.82, 2.24) is 30.6 Å². The highest BCUT2D eigenvalue weighted by Crippen LogP contribution is 2.25. The van der Waals surface area contributed by atoms with Crippen molar-refractivity contribution in [2.24, 2.45) is 0 Å². The number of nitrogens with one attached hydrogen (secondary N) is 2. The van der Waals surface area contributed by atoms with E-state index in [2.05, 4.69) is 30.6 Å². The van der Waals surface area contributed by atoms with Crippen LogP contribution in [0.25, 0.3) is 22.6 Å². The third kappa shape index (κ3) is 3.65. The van der Waals surface area contributed by atoms with E-state index in [0.717, 1.165) is 17.2 Å². The maximum atomic E-state index is 14.1. The van der Waals surface area contributed by atoms with Gasteiger partial charge >= 0.3 is 0 Å². The van der Waals surface area contributed by atoms with Crippen molar-refractivity contribution in [2.45, 2.75) is 19.5 Å². The average Bonchev–Trinajstić information content (AvgIpc) is 3.37. The predicted octanol–water partition coefficient (Wildman–Crippen LogP) is 3.65. The molecule has 0 fully saturated rings. The summed E-state index contributed by atoms with van der Waals surface area (Å²) in [6.45, 7) is 2.25. The van der Waals surface area contributed by atoms with Crippen LogP contribution in [-0.2, 0) is 6.54 Å². The molecule has 0 bridgehead atoms. The molecule has 4 aromatic rings. The molecule has 0 aliphatic heterocycles. The summed E-state index contributed by atoms with van der Waals surface area (Å²) in [5.41, 5.74) is 2.27.